The average Bonchev–Trinajstić information content (AvgIpc) is 3.04. The van der Waals surface area contributed by atoms with Crippen LogP contribution in [0.15, 0.2) is 57.9 Å². The number of ether oxygens (including phenoxy) is 1. The molecule has 1 aromatic heterocycles. The van der Waals surface area contributed by atoms with E-state index in [-0.39, 0.29) is 17.0 Å². The predicted octanol–water partition coefficient (Wildman–Crippen LogP) is 5.37. The Morgan fingerprint density at radius 2 is 1.80 bits per heavy atom. The van der Waals surface area contributed by atoms with Crippen molar-refractivity contribution >= 4 is 58.3 Å². The van der Waals surface area contributed by atoms with Crippen LogP contribution in [0.1, 0.15) is 30.6 Å². The third kappa shape index (κ3) is 4.54. The summed E-state index contributed by atoms with van der Waals surface area (Å²) in [6.45, 7) is 4.01. The van der Waals surface area contributed by atoms with Gasteiger partial charge < -0.3 is 9.84 Å². The van der Waals surface area contributed by atoms with E-state index in [2.05, 4.69) is 15.9 Å². The highest BCUT2D eigenvalue weighted by Crippen LogP contribution is 2.44. The number of hydrogen-bond acceptors (Lipinski definition) is 5. The molecule has 0 aliphatic heterocycles. The summed E-state index contributed by atoms with van der Waals surface area (Å²) in [5, 5.41) is 10.6. The molecular formula is C21H22BrNO5S2. The lowest BCUT2D eigenvalue weighted by molar-refractivity contribution is 0.0179. The van der Waals surface area contributed by atoms with E-state index in [1.165, 1.54) is 39.9 Å². The molecule has 1 heterocycles. The standard InChI is InChI=1S/C21H22BrNO5S2/c1-21(2,28-3)12-13-23(19-18(22)16-6-4-5-7-17(16)29-19)30(26,27)15-10-8-14(9-11-15)20(24)25/h4-11H,12-13H2,1-3H3,(H,24,25). The van der Waals surface area contributed by atoms with E-state index in [4.69, 9.17) is 9.84 Å². The fourth-order valence-electron chi connectivity index (χ4n) is 2.86. The van der Waals surface area contributed by atoms with Crippen LogP contribution in [0.5, 0.6) is 0 Å². The second-order valence-corrected chi connectivity index (χ2v) is 11.0. The minimum Gasteiger partial charge on any atom is -0.478 e. The van der Waals surface area contributed by atoms with Crippen LogP contribution >= 0.6 is 27.3 Å². The van der Waals surface area contributed by atoms with Crippen LogP contribution in [-0.2, 0) is 14.8 Å². The number of carboxylic acids is 1. The number of benzene rings is 2. The van der Waals surface area contributed by atoms with Crippen molar-refractivity contribution in [1.82, 2.24) is 0 Å². The SMILES string of the molecule is COC(C)(C)CCN(c1sc2ccccc2c1Br)S(=O)(=O)c1ccc(C(=O)O)cc1. The highest BCUT2D eigenvalue weighted by molar-refractivity contribution is 9.10. The zero-order chi connectivity index (χ0) is 22.1. The van der Waals surface area contributed by atoms with Gasteiger partial charge in [0.25, 0.3) is 10.0 Å². The van der Waals surface area contributed by atoms with Gasteiger partial charge in [-0.25, -0.2) is 13.2 Å². The van der Waals surface area contributed by atoms with Crippen molar-refractivity contribution < 1.29 is 23.1 Å². The number of anilines is 1. The average molecular weight is 512 g/mol. The fraction of sp³-hybridized carbons (Fsp3) is 0.286. The van der Waals surface area contributed by atoms with Crippen molar-refractivity contribution in [3.8, 4) is 0 Å². The van der Waals surface area contributed by atoms with Gasteiger partial charge in [-0.05, 0) is 66.5 Å². The molecule has 0 radical (unpaired) electrons. The summed E-state index contributed by atoms with van der Waals surface area (Å²) >= 11 is 4.97. The van der Waals surface area contributed by atoms with E-state index < -0.39 is 21.6 Å². The number of aromatic carboxylic acids is 1. The zero-order valence-corrected chi connectivity index (χ0v) is 20.0. The van der Waals surface area contributed by atoms with Crippen LogP contribution in [0.2, 0.25) is 0 Å². The number of sulfonamides is 1. The van der Waals surface area contributed by atoms with Gasteiger partial charge in [0.05, 0.1) is 20.5 Å². The van der Waals surface area contributed by atoms with Crippen molar-refractivity contribution in [2.24, 2.45) is 0 Å². The van der Waals surface area contributed by atoms with Crippen LogP contribution in [0.3, 0.4) is 0 Å². The third-order valence-electron chi connectivity index (χ3n) is 4.90. The molecule has 0 fully saturated rings. The highest BCUT2D eigenvalue weighted by Gasteiger charge is 2.31. The zero-order valence-electron chi connectivity index (χ0n) is 16.8. The van der Waals surface area contributed by atoms with E-state index >= 15 is 0 Å². The monoisotopic (exact) mass is 511 g/mol. The summed E-state index contributed by atoms with van der Waals surface area (Å²) in [6, 6.07) is 12.9. The topological polar surface area (TPSA) is 83.9 Å². The summed E-state index contributed by atoms with van der Waals surface area (Å²) in [5.74, 6) is -1.11. The molecular weight excluding hydrogens is 490 g/mol. The lowest BCUT2D eigenvalue weighted by Gasteiger charge is -2.29. The Hall–Kier alpha value is -1.94. The van der Waals surface area contributed by atoms with Crippen LogP contribution in [-0.4, -0.2) is 38.7 Å². The summed E-state index contributed by atoms with van der Waals surface area (Å²) in [5.41, 5.74) is -0.478. The Balaban J connectivity index is 2.10. The van der Waals surface area contributed by atoms with Crippen LogP contribution in [0, 0.1) is 0 Å². The molecule has 3 aromatic rings. The van der Waals surface area contributed by atoms with Gasteiger partial charge in [-0.2, -0.15) is 0 Å². The number of halogens is 1. The molecule has 0 bridgehead atoms. The Kier molecular flexibility index (Phi) is 6.57. The van der Waals surface area contributed by atoms with Crippen LogP contribution in [0.4, 0.5) is 5.00 Å². The first-order valence-corrected chi connectivity index (χ1v) is 12.2. The number of carboxylic acid groups (broad SMARTS) is 1. The smallest absolute Gasteiger partial charge is 0.335 e. The molecule has 6 nitrogen and oxygen atoms in total. The van der Waals surface area contributed by atoms with E-state index in [1.54, 1.807) is 7.11 Å². The minimum atomic E-state index is -3.93. The Morgan fingerprint density at radius 1 is 1.17 bits per heavy atom. The van der Waals surface area contributed by atoms with Crippen molar-refractivity contribution in [3.63, 3.8) is 0 Å². The molecule has 3 rings (SSSR count). The molecule has 160 valence electrons. The molecule has 0 saturated carbocycles. The van der Waals surface area contributed by atoms with Gasteiger partial charge in [0.2, 0.25) is 0 Å². The number of rotatable bonds is 8. The summed E-state index contributed by atoms with van der Waals surface area (Å²) < 4.78 is 35.7. The normalized spacial score (nSPS) is 12.3. The molecule has 0 aliphatic carbocycles. The Morgan fingerprint density at radius 3 is 2.37 bits per heavy atom. The Labute approximate surface area is 188 Å². The summed E-state index contributed by atoms with van der Waals surface area (Å²) in [4.78, 5) is 11.2. The maximum Gasteiger partial charge on any atom is 0.335 e. The maximum atomic E-state index is 13.6. The third-order valence-corrected chi connectivity index (χ3v) is 9.09. The second-order valence-electron chi connectivity index (χ2n) is 7.34. The predicted molar refractivity (Wildman–Crippen MR) is 123 cm³/mol. The van der Waals surface area contributed by atoms with Gasteiger partial charge in [-0.1, -0.05) is 18.2 Å². The first kappa shape index (κ1) is 22.7. The molecule has 30 heavy (non-hydrogen) atoms. The second kappa shape index (κ2) is 8.66. The van der Waals surface area contributed by atoms with Crippen molar-refractivity contribution in [1.29, 1.82) is 0 Å². The molecule has 9 heteroatoms. The number of fused-ring (bicyclic) bond motifs is 1. The molecule has 0 saturated heterocycles. The van der Waals surface area contributed by atoms with Gasteiger partial charge in [-0.15, -0.1) is 11.3 Å². The van der Waals surface area contributed by atoms with E-state index in [1.807, 2.05) is 38.1 Å². The Bertz CT molecular complexity index is 1170. The van der Waals surface area contributed by atoms with Crippen molar-refractivity contribution in [2.45, 2.75) is 30.8 Å². The van der Waals surface area contributed by atoms with Gasteiger partial charge in [0.1, 0.15) is 5.00 Å². The fourth-order valence-corrected chi connectivity index (χ4v) is 6.72. The summed E-state index contributed by atoms with van der Waals surface area (Å²) in [7, 11) is -2.34. The highest BCUT2D eigenvalue weighted by atomic mass is 79.9. The molecule has 0 amide bonds. The number of nitrogens with zero attached hydrogens (tertiary/aromatic N) is 1. The molecule has 0 atom stereocenters. The number of methoxy groups -OCH3 is 1. The molecule has 0 unspecified atom stereocenters. The van der Waals surface area contributed by atoms with E-state index in [0.29, 0.717) is 15.9 Å². The quantitative estimate of drug-likeness (QED) is 0.439. The lowest BCUT2D eigenvalue weighted by Crippen LogP contribution is -2.36. The van der Waals surface area contributed by atoms with E-state index in [0.717, 1.165) is 10.1 Å². The van der Waals surface area contributed by atoms with Crippen LogP contribution in [0.25, 0.3) is 10.1 Å². The largest absolute Gasteiger partial charge is 0.478 e. The first-order chi connectivity index (χ1) is 14.1. The van der Waals surface area contributed by atoms with Crippen molar-refractivity contribution in [2.75, 3.05) is 18.0 Å². The molecule has 1 N–H and O–H groups in total. The number of hydrogen-bond donors (Lipinski definition) is 1. The van der Waals surface area contributed by atoms with Crippen LogP contribution < -0.4 is 4.31 Å². The van der Waals surface area contributed by atoms with Gasteiger partial charge >= 0.3 is 5.97 Å². The molecule has 2 aromatic carbocycles. The van der Waals surface area contributed by atoms with Gasteiger partial charge in [-0.3, -0.25) is 4.31 Å². The summed E-state index contributed by atoms with van der Waals surface area (Å²) in [6.07, 6.45) is 0.469. The van der Waals surface area contributed by atoms with Gasteiger partial charge in [0.15, 0.2) is 0 Å². The number of carbonyl (C=O) groups is 1. The molecule has 0 aliphatic rings. The minimum absolute atomic E-state index is 0.0315. The van der Waals surface area contributed by atoms with E-state index in [9.17, 15) is 13.2 Å². The lowest BCUT2D eigenvalue weighted by atomic mass is 10.1. The van der Waals surface area contributed by atoms with Gasteiger partial charge in [0, 0.05) is 23.7 Å². The van der Waals surface area contributed by atoms with Crippen molar-refractivity contribution in [3.05, 3.63) is 58.6 Å². The molecule has 0 spiro atoms. The maximum absolute atomic E-state index is 13.6. The first-order valence-electron chi connectivity index (χ1n) is 9.15. The number of thiophene rings is 1.